The van der Waals surface area contributed by atoms with E-state index in [1.165, 1.54) is 23.8 Å². The van der Waals surface area contributed by atoms with Gasteiger partial charge in [-0.2, -0.15) is 0 Å². The van der Waals surface area contributed by atoms with Gasteiger partial charge in [-0.05, 0) is 33.3 Å². The number of nitrogens with zero attached hydrogens (tertiary/aromatic N) is 3. The van der Waals surface area contributed by atoms with Gasteiger partial charge in [0.05, 0.1) is 5.41 Å². The van der Waals surface area contributed by atoms with Crippen LogP contribution in [0.5, 0.6) is 0 Å². The molecule has 3 heterocycles. The number of amides is 2. The number of carbonyl (C=O) groups excluding carboxylic acids is 4. The molecule has 3 rings (SSSR count). The van der Waals surface area contributed by atoms with Crippen molar-refractivity contribution in [3.05, 3.63) is 22.3 Å². The fourth-order valence-electron chi connectivity index (χ4n) is 3.09. The van der Waals surface area contributed by atoms with Gasteiger partial charge in [-0.1, -0.05) is 5.16 Å². The molecule has 1 fully saturated rings. The van der Waals surface area contributed by atoms with E-state index in [9.17, 15) is 19.2 Å². The number of fused-ring (bicyclic) bond motifs is 1. The fourth-order valence-corrected chi connectivity index (χ4v) is 4.93. The molecule has 0 unspecified atom stereocenters. The van der Waals surface area contributed by atoms with E-state index in [0.717, 1.165) is 11.3 Å². The first-order valence-electron chi connectivity index (χ1n) is 10.1. The molecule has 0 aromatic carbocycles. The molecular weight excluding hydrogens is 486 g/mol. The lowest BCUT2D eigenvalue weighted by Crippen LogP contribution is -2.71. The molecule has 1 saturated heterocycles. The predicted octanol–water partition coefficient (Wildman–Crippen LogP) is 0.840. The highest BCUT2D eigenvalue weighted by molar-refractivity contribution is 8.00. The van der Waals surface area contributed by atoms with Gasteiger partial charge in [0.1, 0.15) is 29.9 Å². The number of β-lactam (4-membered cyclic amide) rings is 1. The van der Waals surface area contributed by atoms with Gasteiger partial charge < -0.3 is 25.4 Å². The minimum absolute atomic E-state index is 0.0733. The molecule has 1 aromatic heterocycles. The molecule has 2 aliphatic rings. The molecule has 2 amide bonds. The number of nitrogens with two attached hydrogens (primary N) is 1. The molecule has 0 spiro atoms. The van der Waals surface area contributed by atoms with E-state index in [4.69, 9.17) is 20.0 Å². The second-order valence-electron chi connectivity index (χ2n) is 8.41. The molecule has 34 heavy (non-hydrogen) atoms. The molecule has 0 bridgehead atoms. The molecule has 0 saturated carbocycles. The van der Waals surface area contributed by atoms with Crippen molar-refractivity contribution in [1.82, 2.24) is 15.2 Å². The largest absolute Gasteiger partial charge is 0.427 e. The van der Waals surface area contributed by atoms with Crippen LogP contribution in [0.1, 0.15) is 33.4 Å². The monoisotopic (exact) mass is 511 g/mol. The highest BCUT2D eigenvalue weighted by atomic mass is 32.2. The summed E-state index contributed by atoms with van der Waals surface area (Å²) in [5.41, 5.74) is 5.67. The summed E-state index contributed by atoms with van der Waals surface area (Å²) in [6, 6.07) is -0.898. The number of nitrogen functional groups attached to an aromatic ring is 1. The van der Waals surface area contributed by atoms with E-state index in [2.05, 4.69) is 15.5 Å². The summed E-state index contributed by atoms with van der Waals surface area (Å²) in [5, 5.41) is 7.60. The molecule has 2 aliphatic heterocycles. The van der Waals surface area contributed by atoms with Crippen molar-refractivity contribution in [3.8, 4) is 0 Å². The molecule has 0 radical (unpaired) electrons. The van der Waals surface area contributed by atoms with Crippen LogP contribution in [-0.4, -0.2) is 70.4 Å². The number of oxime groups is 1. The number of ether oxygens (including phenoxy) is 2. The average Bonchev–Trinajstić information content (AvgIpc) is 3.20. The van der Waals surface area contributed by atoms with Crippen LogP contribution >= 0.6 is 23.1 Å². The van der Waals surface area contributed by atoms with E-state index in [1.54, 1.807) is 33.1 Å². The van der Waals surface area contributed by atoms with E-state index < -0.39 is 47.4 Å². The summed E-state index contributed by atoms with van der Waals surface area (Å²) < 4.78 is 10.0. The van der Waals surface area contributed by atoms with Crippen LogP contribution in [-0.2, 0) is 33.5 Å². The smallest absolute Gasteiger partial charge is 0.357 e. The first-order valence-corrected chi connectivity index (χ1v) is 12.0. The third kappa shape index (κ3) is 5.17. The van der Waals surface area contributed by atoms with Crippen LogP contribution in [0.3, 0.4) is 0 Å². The summed E-state index contributed by atoms with van der Waals surface area (Å²) in [6.45, 7) is 6.15. The van der Waals surface area contributed by atoms with E-state index in [-0.39, 0.29) is 22.2 Å². The highest BCUT2D eigenvalue weighted by Crippen LogP contribution is 2.40. The number of nitrogens with one attached hydrogen (secondary N) is 1. The summed E-state index contributed by atoms with van der Waals surface area (Å²) in [6.07, 6.45) is 0. The molecule has 14 heteroatoms. The van der Waals surface area contributed by atoms with Gasteiger partial charge in [-0.15, -0.1) is 23.1 Å². The van der Waals surface area contributed by atoms with Crippen molar-refractivity contribution in [1.29, 1.82) is 0 Å². The lowest BCUT2D eigenvalue weighted by molar-refractivity contribution is -0.173. The van der Waals surface area contributed by atoms with Gasteiger partial charge in [0.2, 0.25) is 6.79 Å². The molecule has 2 atom stereocenters. The van der Waals surface area contributed by atoms with Crippen molar-refractivity contribution in [3.63, 3.8) is 0 Å². The fraction of sp³-hybridized carbons (Fsp3) is 0.500. The van der Waals surface area contributed by atoms with Crippen LogP contribution in [0.25, 0.3) is 0 Å². The predicted molar refractivity (Wildman–Crippen MR) is 124 cm³/mol. The summed E-state index contributed by atoms with van der Waals surface area (Å²) in [5.74, 6) is -2.04. The Morgan fingerprint density at radius 1 is 1.32 bits per heavy atom. The molecule has 1 aromatic rings. The van der Waals surface area contributed by atoms with Gasteiger partial charge in [-0.25, -0.2) is 9.78 Å². The zero-order valence-electron chi connectivity index (χ0n) is 19.2. The number of aromatic nitrogens is 1. The molecule has 184 valence electrons. The van der Waals surface area contributed by atoms with Crippen LogP contribution in [0, 0.1) is 5.41 Å². The number of thiazole rings is 1. The Morgan fingerprint density at radius 3 is 2.62 bits per heavy atom. The van der Waals surface area contributed by atoms with Crippen LogP contribution in [0.4, 0.5) is 5.13 Å². The Balaban J connectivity index is 1.66. The number of rotatable bonds is 7. The third-order valence-corrected chi connectivity index (χ3v) is 6.89. The zero-order chi connectivity index (χ0) is 25.2. The van der Waals surface area contributed by atoms with Crippen molar-refractivity contribution in [2.75, 3.05) is 25.4 Å². The number of carbonyl (C=O) groups is 4. The van der Waals surface area contributed by atoms with Crippen LogP contribution in [0.2, 0.25) is 0 Å². The third-order valence-electron chi connectivity index (χ3n) is 4.79. The number of hydrogen-bond donors (Lipinski definition) is 2. The van der Waals surface area contributed by atoms with Gasteiger partial charge in [0.15, 0.2) is 10.8 Å². The average molecular weight is 512 g/mol. The lowest BCUT2D eigenvalue weighted by atomic mass is 9.98. The van der Waals surface area contributed by atoms with Crippen molar-refractivity contribution in [2.24, 2.45) is 10.6 Å². The molecule has 0 aliphatic carbocycles. The number of hydrogen-bond acceptors (Lipinski definition) is 12. The minimum Gasteiger partial charge on any atom is -0.427 e. The van der Waals surface area contributed by atoms with Gasteiger partial charge >= 0.3 is 11.9 Å². The summed E-state index contributed by atoms with van der Waals surface area (Å²) in [7, 11) is 1.28. The Hall–Kier alpha value is -3.13. The van der Waals surface area contributed by atoms with Crippen LogP contribution in [0.15, 0.2) is 21.8 Å². The van der Waals surface area contributed by atoms with Gasteiger partial charge in [0.25, 0.3) is 11.8 Å². The Bertz CT molecular complexity index is 1080. The maximum Gasteiger partial charge on any atom is 0.357 e. The maximum atomic E-state index is 12.9. The normalized spacial score (nSPS) is 20.3. The molecule has 3 N–H and O–H groups in total. The lowest BCUT2D eigenvalue weighted by Gasteiger charge is -2.49. The summed E-state index contributed by atoms with van der Waals surface area (Å²) >= 11 is 2.52. The first-order chi connectivity index (χ1) is 16.0. The highest BCUT2D eigenvalue weighted by Gasteiger charge is 2.54. The Morgan fingerprint density at radius 2 is 2.03 bits per heavy atom. The van der Waals surface area contributed by atoms with E-state index in [1.807, 2.05) is 0 Å². The van der Waals surface area contributed by atoms with E-state index in [0.29, 0.717) is 11.3 Å². The second-order valence-corrected chi connectivity index (χ2v) is 10.4. The molecule has 12 nitrogen and oxygen atoms in total. The SMILES string of the molecule is CO/N=C(\C(=O)N[C@@H]1C(=O)N2C(C(=O)OCOC(=O)C(C)(C)C)=C(C)CS[C@@H]12)c1csc(N)n1. The number of thioether (sulfide) groups is 1. The minimum atomic E-state index is -0.898. The zero-order valence-corrected chi connectivity index (χ0v) is 20.9. The number of esters is 2. The van der Waals surface area contributed by atoms with Crippen molar-refractivity contribution >= 4 is 57.7 Å². The first kappa shape index (κ1) is 25.5. The standard InChI is InChI=1S/C20H25N5O7S2/c1-9-6-33-16-12(23-14(26)11(24-30-5)10-7-34-19(21)22-10)15(27)25(16)13(9)17(28)31-8-32-18(29)20(2,3)4/h7,12,16H,6,8H2,1-5H3,(H2,21,22)(H,23,26)/b24-11-/t12-,16+/m1/s1. The van der Waals surface area contributed by atoms with Gasteiger partial charge in [-0.3, -0.25) is 19.3 Å². The Kier molecular flexibility index (Phi) is 7.51. The number of anilines is 1. The Labute approximate surface area is 203 Å². The summed E-state index contributed by atoms with van der Waals surface area (Å²) in [4.78, 5) is 60.3. The quantitative estimate of drug-likeness (QED) is 0.176. The molecular formula is C20H25N5O7S2. The van der Waals surface area contributed by atoms with Crippen molar-refractivity contribution < 1.29 is 33.5 Å². The van der Waals surface area contributed by atoms with Crippen LogP contribution < -0.4 is 11.1 Å². The maximum absolute atomic E-state index is 12.9. The van der Waals surface area contributed by atoms with E-state index >= 15 is 0 Å². The topological polar surface area (TPSA) is 163 Å². The second kappa shape index (κ2) is 10.0. The van der Waals surface area contributed by atoms with Crippen molar-refractivity contribution in [2.45, 2.75) is 39.1 Å². The van der Waals surface area contributed by atoms with Gasteiger partial charge in [0, 0.05) is 11.1 Å².